The van der Waals surface area contributed by atoms with E-state index in [1.54, 1.807) is 13.2 Å². The second-order valence-corrected chi connectivity index (χ2v) is 8.12. The molecule has 8 heteroatoms. The Kier molecular flexibility index (Phi) is 4.02. The number of likely N-dealkylation sites (N-methyl/N-ethyl adjacent to an activating group) is 1. The lowest BCUT2D eigenvalue weighted by Crippen LogP contribution is -2.49. The maximum atomic E-state index is 12.4. The van der Waals surface area contributed by atoms with E-state index in [2.05, 4.69) is 9.97 Å². The van der Waals surface area contributed by atoms with E-state index in [1.165, 1.54) is 10.5 Å². The zero-order chi connectivity index (χ0) is 15.7. The molecule has 1 aromatic heterocycles. The minimum Gasteiger partial charge on any atom is -0.353 e. The smallest absolute Gasteiger partial charge is 0.217 e. The minimum absolute atomic E-state index is 0.0760. The van der Waals surface area contributed by atoms with Crippen LogP contribution in [0, 0.1) is 11.3 Å². The van der Waals surface area contributed by atoms with Crippen LogP contribution in [0.25, 0.3) is 0 Å². The van der Waals surface area contributed by atoms with Crippen LogP contribution in [0.5, 0.6) is 0 Å². The van der Waals surface area contributed by atoms with Crippen LogP contribution in [-0.2, 0) is 10.0 Å². The molecule has 0 aromatic carbocycles. The van der Waals surface area contributed by atoms with E-state index in [1.807, 2.05) is 11.0 Å². The molecule has 0 spiro atoms. The van der Waals surface area contributed by atoms with Gasteiger partial charge in [-0.25, -0.2) is 18.4 Å². The fourth-order valence-electron chi connectivity index (χ4n) is 2.89. The standard InChI is InChI=1S/C14H19N5O2S/c1-18(22(20,21)12-4-5-12)11-3-2-8-19(10-11)14-13(9-15)16-6-7-17-14/h6-7,11-12H,2-5,8,10H2,1H3. The van der Waals surface area contributed by atoms with Gasteiger partial charge in [0.2, 0.25) is 10.0 Å². The molecule has 2 heterocycles. The highest BCUT2D eigenvalue weighted by Gasteiger charge is 2.42. The highest BCUT2D eigenvalue weighted by molar-refractivity contribution is 7.90. The van der Waals surface area contributed by atoms with Gasteiger partial charge < -0.3 is 4.90 Å². The number of rotatable bonds is 4. The minimum atomic E-state index is -3.18. The molecule has 2 aliphatic rings. The van der Waals surface area contributed by atoms with Gasteiger partial charge in [0.1, 0.15) is 6.07 Å². The van der Waals surface area contributed by atoms with Gasteiger partial charge in [0.05, 0.1) is 5.25 Å². The molecule has 1 aromatic rings. The van der Waals surface area contributed by atoms with Gasteiger partial charge in [0.25, 0.3) is 0 Å². The van der Waals surface area contributed by atoms with Crippen molar-refractivity contribution >= 4 is 15.8 Å². The van der Waals surface area contributed by atoms with Crippen molar-refractivity contribution in [2.75, 3.05) is 25.0 Å². The molecule has 1 unspecified atom stereocenters. The average molecular weight is 321 g/mol. The van der Waals surface area contributed by atoms with Crippen molar-refractivity contribution in [1.29, 1.82) is 5.26 Å². The molecule has 1 aliphatic heterocycles. The summed E-state index contributed by atoms with van der Waals surface area (Å²) in [7, 11) is -1.51. The molecule has 7 nitrogen and oxygen atoms in total. The Morgan fingerprint density at radius 3 is 2.73 bits per heavy atom. The molecule has 1 atom stereocenters. The Labute approximate surface area is 130 Å². The maximum Gasteiger partial charge on any atom is 0.217 e. The third-order valence-corrected chi connectivity index (χ3v) is 6.76. The van der Waals surface area contributed by atoms with Crippen LogP contribution < -0.4 is 4.90 Å². The van der Waals surface area contributed by atoms with Gasteiger partial charge in [-0.15, -0.1) is 0 Å². The molecule has 1 saturated heterocycles. The molecular formula is C14H19N5O2S. The fourth-order valence-corrected chi connectivity index (χ4v) is 4.68. The molecule has 118 valence electrons. The molecule has 1 saturated carbocycles. The van der Waals surface area contributed by atoms with Crippen LogP contribution >= 0.6 is 0 Å². The topological polar surface area (TPSA) is 90.2 Å². The van der Waals surface area contributed by atoms with E-state index >= 15 is 0 Å². The summed E-state index contributed by atoms with van der Waals surface area (Å²) in [6.07, 6.45) is 6.30. The fraction of sp³-hybridized carbons (Fsp3) is 0.643. The Morgan fingerprint density at radius 1 is 1.32 bits per heavy atom. The first-order valence-corrected chi connectivity index (χ1v) is 8.97. The average Bonchev–Trinajstić information content (AvgIpc) is 3.39. The molecule has 0 bridgehead atoms. The first-order chi connectivity index (χ1) is 10.5. The second kappa shape index (κ2) is 5.82. The lowest BCUT2D eigenvalue weighted by atomic mass is 10.1. The van der Waals surface area contributed by atoms with Crippen molar-refractivity contribution in [3.05, 3.63) is 18.1 Å². The van der Waals surface area contributed by atoms with Gasteiger partial charge in [-0.05, 0) is 25.7 Å². The first kappa shape index (κ1) is 15.2. The number of hydrogen-bond donors (Lipinski definition) is 0. The van der Waals surface area contributed by atoms with Gasteiger partial charge in [0, 0.05) is 38.6 Å². The Bertz CT molecular complexity index is 695. The summed E-state index contributed by atoms with van der Waals surface area (Å²) in [5, 5.41) is 8.95. The Balaban J connectivity index is 1.78. The normalized spacial score (nSPS) is 22.6. The van der Waals surface area contributed by atoms with E-state index in [9.17, 15) is 8.42 Å². The summed E-state index contributed by atoms with van der Waals surface area (Å²) in [5.41, 5.74) is 0.288. The van der Waals surface area contributed by atoms with Gasteiger partial charge in [-0.3, -0.25) is 0 Å². The van der Waals surface area contributed by atoms with Gasteiger partial charge in [-0.2, -0.15) is 9.57 Å². The molecule has 0 amide bonds. The number of sulfonamides is 1. The van der Waals surface area contributed by atoms with Gasteiger partial charge in [0.15, 0.2) is 11.5 Å². The maximum absolute atomic E-state index is 12.4. The number of aromatic nitrogens is 2. The largest absolute Gasteiger partial charge is 0.353 e. The molecule has 3 rings (SSSR count). The van der Waals surface area contributed by atoms with Gasteiger partial charge >= 0.3 is 0 Å². The molecule has 1 aliphatic carbocycles. The zero-order valence-corrected chi connectivity index (χ0v) is 13.3. The summed E-state index contributed by atoms with van der Waals surface area (Å²) >= 11 is 0. The monoisotopic (exact) mass is 321 g/mol. The summed E-state index contributed by atoms with van der Waals surface area (Å²) in [5.74, 6) is 0.548. The molecule has 22 heavy (non-hydrogen) atoms. The predicted molar refractivity (Wildman–Crippen MR) is 81.7 cm³/mol. The van der Waals surface area contributed by atoms with Crippen LogP contribution in [-0.4, -0.2) is 54.1 Å². The predicted octanol–water partition coefficient (Wildman–Crippen LogP) is 0.741. The van der Waals surface area contributed by atoms with E-state index in [0.717, 1.165) is 32.2 Å². The third-order valence-electron chi connectivity index (χ3n) is 4.34. The quantitative estimate of drug-likeness (QED) is 0.812. The summed E-state index contributed by atoms with van der Waals surface area (Å²) < 4.78 is 26.3. The van der Waals surface area contributed by atoms with Crippen molar-refractivity contribution < 1.29 is 8.42 Å². The van der Waals surface area contributed by atoms with E-state index in [0.29, 0.717) is 12.4 Å². The Morgan fingerprint density at radius 2 is 2.05 bits per heavy atom. The van der Waals surface area contributed by atoms with Crippen LogP contribution in [0.15, 0.2) is 12.4 Å². The highest BCUT2D eigenvalue weighted by atomic mass is 32.2. The SMILES string of the molecule is CN(C1CCCN(c2nccnc2C#N)C1)S(=O)(=O)C1CC1. The lowest BCUT2D eigenvalue weighted by Gasteiger charge is -2.37. The van der Waals surface area contributed by atoms with Crippen LogP contribution in [0.1, 0.15) is 31.4 Å². The highest BCUT2D eigenvalue weighted by Crippen LogP contribution is 2.33. The summed E-state index contributed by atoms with van der Waals surface area (Å²) in [6, 6.07) is 1.97. The van der Waals surface area contributed by atoms with Crippen LogP contribution in [0.2, 0.25) is 0 Å². The third kappa shape index (κ3) is 2.78. The molecule has 0 N–H and O–H groups in total. The van der Waals surface area contributed by atoms with Gasteiger partial charge in [-0.1, -0.05) is 0 Å². The van der Waals surface area contributed by atoms with E-state index in [4.69, 9.17) is 5.26 Å². The number of nitriles is 1. The first-order valence-electron chi connectivity index (χ1n) is 7.47. The number of anilines is 1. The van der Waals surface area contributed by atoms with E-state index in [-0.39, 0.29) is 17.0 Å². The van der Waals surface area contributed by atoms with Crippen molar-refractivity contribution in [1.82, 2.24) is 14.3 Å². The number of hydrogen-bond acceptors (Lipinski definition) is 6. The Hall–Kier alpha value is -1.72. The molecule has 0 radical (unpaired) electrons. The number of nitrogens with zero attached hydrogens (tertiary/aromatic N) is 5. The second-order valence-electron chi connectivity index (χ2n) is 5.84. The molecular weight excluding hydrogens is 302 g/mol. The van der Waals surface area contributed by atoms with Crippen LogP contribution in [0.3, 0.4) is 0 Å². The molecule has 2 fully saturated rings. The van der Waals surface area contributed by atoms with Crippen molar-refractivity contribution in [2.24, 2.45) is 0 Å². The number of piperidine rings is 1. The van der Waals surface area contributed by atoms with E-state index < -0.39 is 10.0 Å². The zero-order valence-electron chi connectivity index (χ0n) is 12.5. The summed E-state index contributed by atoms with van der Waals surface area (Å²) in [4.78, 5) is 10.3. The van der Waals surface area contributed by atoms with Crippen molar-refractivity contribution in [3.8, 4) is 6.07 Å². The lowest BCUT2D eigenvalue weighted by molar-refractivity contribution is 0.319. The van der Waals surface area contributed by atoms with Crippen molar-refractivity contribution in [2.45, 2.75) is 37.0 Å². The summed E-state index contributed by atoms with van der Waals surface area (Å²) in [6.45, 7) is 1.32. The van der Waals surface area contributed by atoms with Crippen LogP contribution in [0.4, 0.5) is 5.82 Å². The van der Waals surface area contributed by atoms with Crippen molar-refractivity contribution in [3.63, 3.8) is 0 Å².